The molecule has 0 amide bonds. The first-order chi connectivity index (χ1) is 9.52. The molecule has 0 aliphatic heterocycles. The SMILES string of the molecule is CNCC(C)(C)Oc1ccc(-c2ccccc2)cc1Cl. The van der Waals surface area contributed by atoms with Crippen molar-refractivity contribution in [3.05, 3.63) is 53.6 Å². The summed E-state index contributed by atoms with van der Waals surface area (Å²) < 4.78 is 5.97. The van der Waals surface area contributed by atoms with Gasteiger partial charge < -0.3 is 10.1 Å². The summed E-state index contributed by atoms with van der Waals surface area (Å²) in [5.41, 5.74) is 1.94. The van der Waals surface area contributed by atoms with Crippen molar-refractivity contribution in [1.29, 1.82) is 0 Å². The lowest BCUT2D eigenvalue weighted by Crippen LogP contribution is -2.38. The van der Waals surface area contributed by atoms with Crippen LogP contribution in [-0.4, -0.2) is 19.2 Å². The van der Waals surface area contributed by atoms with Crippen LogP contribution in [0.4, 0.5) is 0 Å². The number of hydrogen-bond acceptors (Lipinski definition) is 2. The Morgan fingerprint density at radius 2 is 1.75 bits per heavy atom. The highest BCUT2D eigenvalue weighted by atomic mass is 35.5. The van der Waals surface area contributed by atoms with Gasteiger partial charge >= 0.3 is 0 Å². The molecule has 2 nitrogen and oxygen atoms in total. The average molecular weight is 290 g/mol. The Morgan fingerprint density at radius 3 is 2.35 bits per heavy atom. The third-order valence-corrected chi connectivity index (χ3v) is 3.32. The Bertz CT molecular complexity index is 566. The number of nitrogens with one attached hydrogen (secondary N) is 1. The zero-order valence-corrected chi connectivity index (χ0v) is 12.9. The van der Waals surface area contributed by atoms with Crippen molar-refractivity contribution in [2.45, 2.75) is 19.4 Å². The largest absolute Gasteiger partial charge is 0.485 e. The lowest BCUT2D eigenvalue weighted by atomic mass is 10.1. The van der Waals surface area contributed by atoms with Crippen molar-refractivity contribution in [3.63, 3.8) is 0 Å². The van der Waals surface area contributed by atoms with E-state index in [1.165, 1.54) is 0 Å². The van der Waals surface area contributed by atoms with Crippen LogP contribution in [0.3, 0.4) is 0 Å². The van der Waals surface area contributed by atoms with E-state index in [0.29, 0.717) is 10.8 Å². The Balaban J connectivity index is 2.23. The van der Waals surface area contributed by atoms with Gasteiger partial charge in [-0.05, 0) is 44.2 Å². The third kappa shape index (κ3) is 3.75. The molecule has 3 heteroatoms. The number of rotatable bonds is 5. The first-order valence-electron chi connectivity index (χ1n) is 6.70. The summed E-state index contributed by atoms with van der Waals surface area (Å²) in [7, 11) is 1.91. The molecular formula is C17H20ClNO. The van der Waals surface area contributed by atoms with Crippen molar-refractivity contribution < 1.29 is 4.74 Å². The Kier molecular flexibility index (Phi) is 4.69. The standard InChI is InChI=1S/C17H20ClNO/c1-17(2,12-19-3)20-16-10-9-14(11-15(16)18)13-7-5-4-6-8-13/h4-11,19H,12H2,1-3H3. The summed E-state index contributed by atoms with van der Waals surface area (Å²) in [5.74, 6) is 0.714. The Hall–Kier alpha value is -1.51. The van der Waals surface area contributed by atoms with Gasteiger partial charge in [0.2, 0.25) is 0 Å². The number of ether oxygens (including phenoxy) is 1. The molecule has 0 fully saturated rings. The molecule has 2 aromatic rings. The number of hydrogen-bond donors (Lipinski definition) is 1. The van der Waals surface area contributed by atoms with E-state index in [9.17, 15) is 0 Å². The fraction of sp³-hybridized carbons (Fsp3) is 0.294. The number of benzene rings is 2. The molecule has 0 unspecified atom stereocenters. The Labute approximate surface area is 125 Å². The zero-order chi connectivity index (χ0) is 14.6. The molecule has 0 atom stereocenters. The molecule has 0 saturated carbocycles. The molecule has 0 radical (unpaired) electrons. The summed E-state index contributed by atoms with van der Waals surface area (Å²) in [6.45, 7) is 4.82. The highest BCUT2D eigenvalue weighted by Crippen LogP contribution is 2.32. The van der Waals surface area contributed by atoms with Gasteiger partial charge in [0, 0.05) is 6.54 Å². The van der Waals surface area contributed by atoms with Gasteiger partial charge in [0.1, 0.15) is 11.4 Å². The summed E-state index contributed by atoms with van der Waals surface area (Å²) >= 11 is 6.34. The van der Waals surface area contributed by atoms with Gasteiger partial charge in [0.05, 0.1) is 5.02 Å². The van der Waals surface area contributed by atoms with Crippen LogP contribution in [0.1, 0.15) is 13.8 Å². The van der Waals surface area contributed by atoms with Gasteiger partial charge in [-0.15, -0.1) is 0 Å². The lowest BCUT2D eigenvalue weighted by molar-refractivity contribution is 0.111. The molecule has 20 heavy (non-hydrogen) atoms. The molecule has 0 aliphatic rings. The van der Waals surface area contributed by atoms with Crippen molar-refractivity contribution in [3.8, 4) is 16.9 Å². The van der Waals surface area contributed by atoms with Crippen molar-refractivity contribution in [1.82, 2.24) is 5.32 Å². The van der Waals surface area contributed by atoms with Crippen LogP contribution in [0.25, 0.3) is 11.1 Å². The normalized spacial score (nSPS) is 11.4. The first kappa shape index (κ1) is 14.9. The van der Waals surface area contributed by atoms with E-state index in [-0.39, 0.29) is 5.60 Å². The second-order valence-electron chi connectivity index (χ2n) is 5.40. The van der Waals surface area contributed by atoms with Gasteiger partial charge in [-0.25, -0.2) is 0 Å². The molecular weight excluding hydrogens is 270 g/mol. The summed E-state index contributed by atoms with van der Waals surface area (Å²) in [6.07, 6.45) is 0. The molecule has 2 aromatic carbocycles. The molecule has 2 rings (SSSR count). The van der Waals surface area contributed by atoms with Crippen LogP contribution in [0, 0.1) is 0 Å². The third-order valence-electron chi connectivity index (χ3n) is 3.03. The molecule has 1 N–H and O–H groups in total. The molecule has 0 saturated heterocycles. The second-order valence-corrected chi connectivity index (χ2v) is 5.81. The van der Waals surface area contributed by atoms with E-state index in [4.69, 9.17) is 16.3 Å². The van der Waals surface area contributed by atoms with E-state index in [1.807, 2.05) is 57.3 Å². The van der Waals surface area contributed by atoms with Crippen molar-refractivity contribution in [2.24, 2.45) is 0 Å². The molecule has 0 spiro atoms. The van der Waals surface area contributed by atoms with E-state index < -0.39 is 0 Å². The van der Waals surface area contributed by atoms with Gasteiger partial charge in [-0.3, -0.25) is 0 Å². The van der Waals surface area contributed by atoms with Crippen molar-refractivity contribution >= 4 is 11.6 Å². The van der Waals surface area contributed by atoms with Gasteiger partial charge in [-0.2, -0.15) is 0 Å². The molecule has 0 bridgehead atoms. The maximum absolute atomic E-state index is 6.34. The maximum Gasteiger partial charge on any atom is 0.138 e. The summed E-state index contributed by atoms with van der Waals surface area (Å²) in [5, 5.41) is 3.75. The van der Waals surface area contributed by atoms with Crippen LogP contribution in [0.15, 0.2) is 48.5 Å². The minimum Gasteiger partial charge on any atom is -0.485 e. The van der Waals surface area contributed by atoms with E-state index >= 15 is 0 Å². The maximum atomic E-state index is 6.34. The lowest BCUT2D eigenvalue weighted by Gasteiger charge is -2.26. The van der Waals surface area contributed by atoms with Gasteiger partial charge in [-0.1, -0.05) is 48.0 Å². The monoisotopic (exact) mass is 289 g/mol. The minimum absolute atomic E-state index is 0.299. The predicted molar refractivity (Wildman–Crippen MR) is 85.5 cm³/mol. The van der Waals surface area contributed by atoms with Crippen LogP contribution in [-0.2, 0) is 0 Å². The van der Waals surface area contributed by atoms with E-state index in [2.05, 4.69) is 17.4 Å². The van der Waals surface area contributed by atoms with E-state index in [1.54, 1.807) is 0 Å². The molecule has 0 aliphatic carbocycles. The fourth-order valence-electron chi connectivity index (χ4n) is 2.15. The summed E-state index contributed by atoms with van der Waals surface area (Å²) in [6, 6.07) is 16.1. The van der Waals surface area contributed by atoms with Crippen LogP contribution in [0.5, 0.6) is 5.75 Å². The average Bonchev–Trinajstić information content (AvgIpc) is 2.42. The topological polar surface area (TPSA) is 21.3 Å². The molecule has 106 valence electrons. The van der Waals surface area contributed by atoms with Gasteiger partial charge in [0.25, 0.3) is 0 Å². The zero-order valence-electron chi connectivity index (χ0n) is 12.1. The minimum atomic E-state index is -0.299. The highest BCUT2D eigenvalue weighted by molar-refractivity contribution is 6.32. The molecule has 0 heterocycles. The van der Waals surface area contributed by atoms with Crippen LogP contribution >= 0.6 is 11.6 Å². The highest BCUT2D eigenvalue weighted by Gasteiger charge is 2.20. The molecule has 0 aromatic heterocycles. The van der Waals surface area contributed by atoms with Crippen LogP contribution in [0.2, 0.25) is 5.02 Å². The fourth-order valence-corrected chi connectivity index (χ4v) is 2.37. The Morgan fingerprint density at radius 1 is 1.05 bits per heavy atom. The quantitative estimate of drug-likeness (QED) is 0.882. The smallest absolute Gasteiger partial charge is 0.138 e. The summed E-state index contributed by atoms with van der Waals surface area (Å²) in [4.78, 5) is 0. The van der Waals surface area contributed by atoms with E-state index in [0.717, 1.165) is 17.7 Å². The number of likely N-dealkylation sites (N-methyl/N-ethyl adjacent to an activating group) is 1. The van der Waals surface area contributed by atoms with Crippen molar-refractivity contribution in [2.75, 3.05) is 13.6 Å². The second kappa shape index (κ2) is 6.29. The number of halogens is 1. The van der Waals surface area contributed by atoms with Gasteiger partial charge in [0.15, 0.2) is 0 Å². The predicted octanol–water partition coefficient (Wildman–Crippen LogP) is 4.38. The first-order valence-corrected chi connectivity index (χ1v) is 7.08. The van der Waals surface area contributed by atoms with Crippen LogP contribution < -0.4 is 10.1 Å².